The highest BCUT2D eigenvalue weighted by molar-refractivity contribution is 5.74. The Morgan fingerprint density at radius 1 is 1.31 bits per heavy atom. The van der Waals surface area contributed by atoms with Gasteiger partial charge >= 0.3 is 5.97 Å². The molecule has 4 heteroatoms. The standard InChI is InChI=1S/C12H16O4/c1-15-7-8-16-12(14)11(13)9-10-5-3-2-4-6-10/h2-6,11,13H,7-9H2,1H3/t11-/m1/s1. The van der Waals surface area contributed by atoms with Crippen LogP contribution in [0.2, 0.25) is 0 Å². The van der Waals surface area contributed by atoms with Crippen LogP contribution in [-0.2, 0) is 20.7 Å². The molecule has 0 saturated heterocycles. The third-order valence-electron chi connectivity index (χ3n) is 2.08. The number of aliphatic hydroxyl groups excluding tert-OH is 1. The fourth-order valence-corrected chi connectivity index (χ4v) is 1.24. The Kier molecular flexibility index (Phi) is 5.53. The molecule has 0 aliphatic carbocycles. The number of aliphatic hydroxyl groups is 1. The fraction of sp³-hybridized carbons (Fsp3) is 0.417. The first-order valence-corrected chi connectivity index (χ1v) is 5.11. The van der Waals surface area contributed by atoms with Gasteiger partial charge in [-0.1, -0.05) is 30.3 Å². The summed E-state index contributed by atoms with van der Waals surface area (Å²) in [6, 6.07) is 9.31. The molecule has 0 radical (unpaired) electrons. The lowest BCUT2D eigenvalue weighted by Crippen LogP contribution is -2.26. The molecule has 16 heavy (non-hydrogen) atoms. The summed E-state index contributed by atoms with van der Waals surface area (Å²) in [6.45, 7) is 0.505. The van der Waals surface area contributed by atoms with Crippen molar-refractivity contribution in [2.45, 2.75) is 12.5 Å². The Labute approximate surface area is 94.8 Å². The average molecular weight is 224 g/mol. The molecule has 4 nitrogen and oxygen atoms in total. The molecular formula is C12H16O4. The van der Waals surface area contributed by atoms with Crippen molar-refractivity contribution in [1.82, 2.24) is 0 Å². The van der Waals surface area contributed by atoms with E-state index in [1.54, 1.807) is 0 Å². The van der Waals surface area contributed by atoms with Crippen LogP contribution in [0.15, 0.2) is 30.3 Å². The summed E-state index contributed by atoms with van der Waals surface area (Å²) in [4.78, 5) is 11.3. The zero-order chi connectivity index (χ0) is 11.8. The number of hydrogen-bond donors (Lipinski definition) is 1. The molecule has 1 rings (SSSR count). The van der Waals surface area contributed by atoms with Crippen molar-refractivity contribution in [2.75, 3.05) is 20.3 Å². The monoisotopic (exact) mass is 224 g/mol. The van der Waals surface area contributed by atoms with Gasteiger partial charge < -0.3 is 14.6 Å². The summed E-state index contributed by atoms with van der Waals surface area (Å²) in [5.41, 5.74) is 0.902. The number of carbonyl (C=O) groups is 1. The Bertz CT molecular complexity index is 310. The molecule has 0 aliphatic rings. The third-order valence-corrected chi connectivity index (χ3v) is 2.08. The molecule has 0 fully saturated rings. The van der Waals surface area contributed by atoms with E-state index in [1.165, 1.54) is 7.11 Å². The molecule has 0 bridgehead atoms. The number of rotatable bonds is 6. The largest absolute Gasteiger partial charge is 0.461 e. The quantitative estimate of drug-likeness (QED) is 0.573. The summed E-state index contributed by atoms with van der Waals surface area (Å²) in [6.07, 6.45) is -0.841. The van der Waals surface area contributed by atoms with Crippen LogP contribution in [0, 0.1) is 0 Å². The van der Waals surface area contributed by atoms with E-state index in [2.05, 4.69) is 0 Å². The van der Waals surface area contributed by atoms with Crippen molar-refractivity contribution in [2.24, 2.45) is 0 Å². The summed E-state index contributed by atoms with van der Waals surface area (Å²) in [5, 5.41) is 9.56. The van der Waals surface area contributed by atoms with Gasteiger partial charge in [0.25, 0.3) is 0 Å². The lowest BCUT2D eigenvalue weighted by Gasteiger charge is -2.10. The van der Waals surface area contributed by atoms with E-state index in [1.807, 2.05) is 30.3 Å². The van der Waals surface area contributed by atoms with Gasteiger partial charge in [0.05, 0.1) is 6.61 Å². The van der Waals surface area contributed by atoms with Crippen molar-refractivity contribution in [3.05, 3.63) is 35.9 Å². The lowest BCUT2D eigenvalue weighted by atomic mass is 10.1. The molecule has 0 aliphatic heterocycles. The van der Waals surface area contributed by atoms with E-state index < -0.39 is 12.1 Å². The molecule has 0 heterocycles. The van der Waals surface area contributed by atoms with Crippen molar-refractivity contribution in [3.63, 3.8) is 0 Å². The van der Waals surface area contributed by atoms with Crippen molar-refractivity contribution >= 4 is 5.97 Å². The lowest BCUT2D eigenvalue weighted by molar-refractivity contribution is -0.154. The summed E-state index contributed by atoms with van der Waals surface area (Å²) < 4.78 is 9.53. The van der Waals surface area contributed by atoms with Gasteiger partial charge in [-0.2, -0.15) is 0 Å². The highest BCUT2D eigenvalue weighted by Gasteiger charge is 2.16. The van der Waals surface area contributed by atoms with Gasteiger partial charge in [-0.3, -0.25) is 0 Å². The fourth-order valence-electron chi connectivity index (χ4n) is 1.24. The second-order valence-electron chi connectivity index (χ2n) is 3.37. The van der Waals surface area contributed by atoms with E-state index in [0.29, 0.717) is 6.61 Å². The summed E-state index contributed by atoms with van der Waals surface area (Å²) in [5.74, 6) is -0.610. The molecule has 0 saturated carbocycles. The maximum Gasteiger partial charge on any atom is 0.335 e. The van der Waals surface area contributed by atoms with Crippen molar-refractivity contribution < 1.29 is 19.4 Å². The minimum Gasteiger partial charge on any atom is -0.461 e. The number of carbonyl (C=O) groups excluding carboxylic acids is 1. The van der Waals surface area contributed by atoms with Crippen LogP contribution in [0.4, 0.5) is 0 Å². The number of ether oxygens (including phenoxy) is 2. The molecule has 1 atom stereocenters. The summed E-state index contributed by atoms with van der Waals surface area (Å²) >= 11 is 0. The Hall–Kier alpha value is -1.39. The second kappa shape index (κ2) is 6.98. The highest BCUT2D eigenvalue weighted by Crippen LogP contribution is 2.04. The van der Waals surface area contributed by atoms with Gasteiger partial charge in [-0.15, -0.1) is 0 Å². The Morgan fingerprint density at radius 2 is 2.00 bits per heavy atom. The number of benzene rings is 1. The maximum absolute atomic E-state index is 11.3. The average Bonchev–Trinajstić information content (AvgIpc) is 2.30. The van der Waals surface area contributed by atoms with E-state index in [-0.39, 0.29) is 13.0 Å². The second-order valence-corrected chi connectivity index (χ2v) is 3.37. The first kappa shape index (κ1) is 12.7. The zero-order valence-electron chi connectivity index (χ0n) is 9.26. The number of esters is 1. The highest BCUT2D eigenvalue weighted by atomic mass is 16.6. The molecule has 1 aromatic rings. The summed E-state index contributed by atoms with van der Waals surface area (Å²) in [7, 11) is 1.52. The van der Waals surface area contributed by atoms with Crippen LogP contribution >= 0.6 is 0 Å². The van der Waals surface area contributed by atoms with Gasteiger partial charge in [0.15, 0.2) is 6.10 Å². The minimum atomic E-state index is -1.11. The van der Waals surface area contributed by atoms with Crippen LogP contribution in [0.1, 0.15) is 5.56 Å². The van der Waals surface area contributed by atoms with E-state index in [9.17, 15) is 9.90 Å². The van der Waals surface area contributed by atoms with E-state index in [0.717, 1.165) is 5.56 Å². The smallest absolute Gasteiger partial charge is 0.335 e. The Morgan fingerprint density at radius 3 is 2.62 bits per heavy atom. The van der Waals surface area contributed by atoms with E-state index in [4.69, 9.17) is 9.47 Å². The van der Waals surface area contributed by atoms with Crippen LogP contribution in [0.3, 0.4) is 0 Å². The first-order chi connectivity index (χ1) is 7.74. The van der Waals surface area contributed by atoms with Gasteiger partial charge in [0.2, 0.25) is 0 Å². The molecule has 1 aromatic carbocycles. The van der Waals surface area contributed by atoms with Crippen LogP contribution < -0.4 is 0 Å². The predicted octanol–water partition coefficient (Wildman–Crippen LogP) is 0.780. The topological polar surface area (TPSA) is 55.8 Å². The molecule has 88 valence electrons. The predicted molar refractivity (Wildman–Crippen MR) is 59.0 cm³/mol. The Balaban J connectivity index is 2.34. The third kappa shape index (κ3) is 4.42. The zero-order valence-corrected chi connectivity index (χ0v) is 9.26. The first-order valence-electron chi connectivity index (χ1n) is 5.11. The van der Waals surface area contributed by atoms with Gasteiger partial charge in [0.1, 0.15) is 6.61 Å². The number of hydrogen-bond acceptors (Lipinski definition) is 4. The maximum atomic E-state index is 11.3. The van der Waals surface area contributed by atoms with Crippen LogP contribution in [0.5, 0.6) is 0 Å². The molecule has 1 N–H and O–H groups in total. The molecule has 0 aromatic heterocycles. The van der Waals surface area contributed by atoms with Crippen LogP contribution in [-0.4, -0.2) is 37.5 Å². The minimum absolute atomic E-state index is 0.168. The SMILES string of the molecule is COCCOC(=O)[C@H](O)Cc1ccccc1. The van der Waals surface area contributed by atoms with Crippen molar-refractivity contribution in [1.29, 1.82) is 0 Å². The van der Waals surface area contributed by atoms with Gasteiger partial charge in [-0.25, -0.2) is 4.79 Å². The van der Waals surface area contributed by atoms with Gasteiger partial charge in [-0.05, 0) is 5.56 Å². The molecule has 0 spiro atoms. The number of methoxy groups -OCH3 is 1. The van der Waals surface area contributed by atoms with Crippen molar-refractivity contribution in [3.8, 4) is 0 Å². The molecule has 0 amide bonds. The normalized spacial score (nSPS) is 12.1. The van der Waals surface area contributed by atoms with E-state index >= 15 is 0 Å². The van der Waals surface area contributed by atoms with Gasteiger partial charge in [0, 0.05) is 13.5 Å². The van der Waals surface area contributed by atoms with Crippen LogP contribution in [0.25, 0.3) is 0 Å². The molecular weight excluding hydrogens is 208 g/mol. The molecule has 0 unspecified atom stereocenters.